The van der Waals surface area contributed by atoms with Crippen molar-refractivity contribution in [1.29, 1.82) is 0 Å². The van der Waals surface area contributed by atoms with E-state index in [2.05, 4.69) is 10.6 Å². The fraction of sp³-hybridized carbons (Fsp3) is 0.0800. The van der Waals surface area contributed by atoms with Crippen LogP contribution in [0.5, 0.6) is 5.75 Å². The highest BCUT2D eigenvalue weighted by Gasteiger charge is 2.41. The van der Waals surface area contributed by atoms with E-state index < -0.39 is 17.6 Å². The van der Waals surface area contributed by atoms with E-state index in [1.165, 1.54) is 38.3 Å². The maximum absolute atomic E-state index is 13.5. The van der Waals surface area contributed by atoms with Gasteiger partial charge in [-0.1, -0.05) is 18.2 Å². The highest BCUT2D eigenvalue weighted by atomic mass is 19.1. The van der Waals surface area contributed by atoms with Gasteiger partial charge >= 0.3 is 0 Å². The summed E-state index contributed by atoms with van der Waals surface area (Å²) in [5, 5.41) is 5.71. The van der Waals surface area contributed by atoms with Gasteiger partial charge in [-0.3, -0.25) is 14.4 Å². The van der Waals surface area contributed by atoms with Crippen LogP contribution in [-0.4, -0.2) is 24.8 Å². The monoisotopic (exact) mass is 445 g/mol. The second-order valence-electron chi connectivity index (χ2n) is 7.26. The number of hydrogen-bond donors (Lipinski definition) is 2. The highest BCUT2D eigenvalue weighted by molar-refractivity contribution is 6.46. The van der Waals surface area contributed by atoms with Crippen molar-refractivity contribution in [3.63, 3.8) is 0 Å². The summed E-state index contributed by atoms with van der Waals surface area (Å²) >= 11 is 0. The number of hydrogen-bond acceptors (Lipinski definition) is 5. The summed E-state index contributed by atoms with van der Waals surface area (Å²) < 4.78 is 18.8. The van der Waals surface area contributed by atoms with Crippen molar-refractivity contribution in [1.82, 2.24) is 0 Å². The van der Waals surface area contributed by atoms with E-state index in [0.29, 0.717) is 22.7 Å². The van der Waals surface area contributed by atoms with Crippen LogP contribution in [0.4, 0.5) is 21.5 Å². The lowest BCUT2D eigenvalue weighted by atomic mass is 10.0. The molecule has 2 N–H and O–H groups in total. The molecule has 1 aliphatic rings. The van der Waals surface area contributed by atoms with Gasteiger partial charge in [-0.2, -0.15) is 0 Å². The fourth-order valence-electron chi connectivity index (χ4n) is 3.56. The molecule has 0 aliphatic carbocycles. The predicted octanol–water partition coefficient (Wildman–Crippen LogP) is 4.19. The van der Waals surface area contributed by atoms with E-state index in [1.54, 1.807) is 48.5 Å². The summed E-state index contributed by atoms with van der Waals surface area (Å²) in [5.41, 5.74) is 2.01. The zero-order valence-corrected chi connectivity index (χ0v) is 17.9. The van der Waals surface area contributed by atoms with E-state index in [4.69, 9.17) is 4.74 Å². The Balaban J connectivity index is 1.78. The Bertz CT molecular complexity index is 1270. The maximum Gasteiger partial charge on any atom is 0.282 e. The maximum atomic E-state index is 13.5. The number of imide groups is 1. The molecule has 0 fully saturated rings. The van der Waals surface area contributed by atoms with E-state index in [1.807, 2.05) is 0 Å². The van der Waals surface area contributed by atoms with Crippen LogP contribution in [0.1, 0.15) is 12.5 Å². The Labute approximate surface area is 189 Å². The highest BCUT2D eigenvalue weighted by Crippen LogP contribution is 2.37. The molecule has 166 valence electrons. The van der Waals surface area contributed by atoms with Crippen molar-refractivity contribution in [2.75, 3.05) is 22.6 Å². The SMILES string of the molecule is COc1ccccc1C1=C(Nc2ccc(NC(C)=O)cc2)C(=O)N(c2ccc(F)cc2)C1=O. The molecular formula is C25H20FN3O4. The summed E-state index contributed by atoms with van der Waals surface area (Å²) in [4.78, 5) is 39.1. The molecule has 1 heterocycles. The number of amides is 3. The van der Waals surface area contributed by atoms with Crippen molar-refractivity contribution in [3.05, 3.63) is 89.9 Å². The fourth-order valence-corrected chi connectivity index (χ4v) is 3.56. The lowest BCUT2D eigenvalue weighted by Gasteiger charge is -2.15. The van der Waals surface area contributed by atoms with Gasteiger partial charge in [0.2, 0.25) is 5.91 Å². The molecule has 0 saturated heterocycles. The second kappa shape index (κ2) is 8.96. The van der Waals surface area contributed by atoms with Crippen molar-refractivity contribution in [3.8, 4) is 5.75 Å². The largest absolute Gasteiger partial charge is 0.496 e. The molecule has 0 radical (unpaired) electrons. The Morgan fingerprint density at radius 3 is 2.15 bits per heavy atom. The molecule has 0 saturated carbocycles. The predicted molar refractivity (Wildman–Crippen MR) is 123 cm³/mol. The Hall–Kier alpha value is -4.46. The van der Waals surface area contributed by atoms with E-state index in [9.17, 15) is 18.8 Å². The van der Waals surface area contributed by atoms with Crippen LogP contribution in [0, 0.1) is 5.82 Å². The average molecular weight is 445 g/mol. The van der Waals surface area contributed by atoms with Crippen LogP contribution in [0.25, 0.3) is 5.57 Å². The van der Waals surface area contributed by atoms with Gasteiger partial charge in [0.1, 0.15) is 17.3 Å². The van der Waals surface area contributed by atoms with Gasteiger partial charge in [-0.25, -0.2) is 9.29 Å². The normalized spacial score (nSPS) is 13.4. The molecule has 0 bridgehead atoms. The molecule has 3 amide bonds. The number of rotatable bonds is 6. The van der Waals surface area contributed by atoms with Gasteiger partial charge in [0, 0.05) is 23.9 Å². The third-order valence-electron chi connectivity index (χ3n) is 5.02. The van der Waals surface area contributed by atoms with Crippen molar-refractivity contribution >= 4 is 40.4 Å². The zero-order chi connectivity index (χ0) is 23.5. The van der Waals surface area contributed by atoms with Crippen LogP contribution in [-0.2, 0) is 14.4 Å². The van der Waals surface area contributed by atoms with Crippen molar-refractivity contribution < 1.29 is 23.5 Å². The first-order valence-electron chi connectivity index (χ1n) is 10.1. The van der Waals surface area contributed by atoms with Gasteiger partial charge in [-0.15, -0.1) is 0 Å². The molecule has 1 aliphatic heterocycles. The molecule has 4 rings (SSSR count). The molecule has 0 unspecified atom stereocenters. The standard InChI is InChI=1S/C25H20FN3O4/c1-15(30)27-17-9-11-18(12-10-17)28-23-22(20-5-3-4-6-21(20)33-2)24(31)29(25(23)32)19-13-7-16(26)8-14-19/h3-14,28H,1-2H3,(H,27,30). The molecule has 0 aromatic heterocycles. The first-order chi connectivity index (χ1) is 15.9. The number of ether oxygens (including phenoxy) is 1. The van der Waals surface area contributed by atoms with Gasteiger partial charge in [0.25, 0.3) is 11.8 Å². The summed E-state index contributed by atoms with van der Waals surface area (Å²) in [7, 11) is 1.48. The minimum Gasteiger partial charge on any atom is -0.496 e. The Kier molecular flexibility index (Phi) is 5.91. The number of carbonyl (C=O) groups is 3. The molecule has 7 nitrogen and oxygen atoms in total. The minimum atomic E-state index is -0.585. The molecule has 3 aromatic rings. The number of methoxy groups -OCH3 is 1. The number of carbonyl (C=O) groups excluding carboxylic acids is 3. The zero-order valence-electron chi connectivity index (χ0n) is 17.9. The first-order valence-corrected chi connectivity index (χ1v) is 10.1. The van der Waals surface area contributed by atoms with Crippen molar-refractivity contribution in [2.24, 2.45) is 0 Å². The van der Waals surface area contributed by atoms with Gasteiger partial charge in [0.05, 0.1) is 18.4 Å². The number of nitrogens with zero attached hydrogens (tertiary/aromatic N) is 1. The number of para-hydroxylation sites is 1. The topological polar surface area (TPSA) is 87.7 Å². The van der Waals surface area contributed by atoms with Crippen LogP contribution in [0.3, 0.4) is 0 Å². The van der Waals surface area contributed by atoms with Crippen LogP contribution in [0.15, 0.2) is 78.5 Å². The summed E-state index contributed by atoms with van der Waals surface area (Å²) in [6.07, 6.45) is 0. The molecule has 0 spiro atoms. The molecular weight excluding hydrogens is 425 g/mol. The van der Waals surface area contributed by atoms with Crippen LogP contribution in [0.2, 0.25) is 0 Å². The lowest BCUT2D eigenvalue weighted by molar-refractivity contribution is -0.120. The van der Waals surface area contributed by atoms with Gasteiger partial charge < -0.3 is 15.4 Å². The second-order valence-corrected chi connectivity index (χ2v) is 7.26. The minimum absolute atomic E-state index is 0.0566. The van der Waals surface area contributed by atoms with E-state index in [0.717, 1.165) is 4.90 Å². The molecule has 33 heavy (non-hydrogen) atoms. The number of halogens is 1. The van der Waals surface area contributed by atoms with Gasteiger partial charge in [0.15, 0.2) is 0 Å². The summed E-state index contributed by atoms with van der Waals surface area (Å²) in [6, 6.07) is 18.7. The summed E-state index contributed by atoms with van der Waals surface area (Å²) in [5.74, 6) is -1.40. The smallest absolute Gasteiger partial charge is 0.282 e. The van der Waals surface area contributed by atoms with E-state index in [-0.39, 0.29) is 22.9 Å². The molecule has 0 atom stereocenters. The molecule has 3 aromatic carbocycles. The Morgan fingerprint density at radius 2 is 1.52 bits per heavy atom. The van der Waals surface area contributed by atoms with E-state index >= 15 is 0 Å². The number of nitrogens with one attached hydrogen (secondary N) is 2. The number of benzene rings is 3. The van der Waals surface area contributed by atoms with Crippen LogP contribution < -0.4 is 20.3 Å². The first kappa shape index (κ1) is 21.8. The molecule has 8 heteroatoms. The van der Waals surface area contributed by atoms with Crippen LogP contribution >= 0.6 is 0 Å². The third-order valence-corrected chi connectivity index (χ3v) is 5.02. The quantitative estimate of drug-likeness (QED) is 0.556. The summed E-state index contributed by atoms with van der Waals surface area (Å²) in [6.45, 7) is 1.41. The number of anilines is 3. The Morgan fingerprint density at radius 1 is 0.879 bits per heavy atom. The van der Waals surface area contributed by atoms with Gasteiger partial charge in [-0.05, 0) is 54.6 Å². The lowest BCUT2D eigenvalue weighted by Crippen LogP contribution is -2.32. The third kappa shape index (κ3) is 4.31. The van der Waals surface area contributed by atoms with Crippen molar-refractivity contribution in [2.45, 2.75) is 6.92 Å². The average Bonchev–Trinajstić information content (AvgIpc) is 3.04.